The monoisotopic (exact) mass is 367 g/mol. The van der Waals surface area contributed by atoms with Crippen LogP contribution in [0, 0.1) is 10.1 Å². The van der Waals surface area contributed by atoms with Crippen molar-refractivity contribution in [3.63, 3.8) is 0 Å². The van der Waals surface area contributed by atoms with Crippen molar-refractivity contribution >= 4 is 29.2 Å². The quantitative estimate of drug-likeness (QED) is 0.392. The van der Waals surface area contributed by atoms with Gasteiger partial charge in [-0.25, -0.2) is 0 Å². The van der Waals surface area contributed by atoms with Gasteiger partial charge < -0.3 is 13.8 Å². The van der Waals surface area contributed by atoms with Crippen LogP contribution in [-0.2, 0) is 13.6 Å². The van der Waals surface area contributed by atoms with Gasteiger partial charge in [-0.1, -0.05) is 15.9 Å². The first-order valence-corrected chi connectivity index (χ1v) is 8.38. The number of nitrogens with zero attached hydrogens (tertiary/aromatic N) is 1. The third-order valence-electron chi connectivity index (χ3n) is 2.15. The van der Waals surface area contributed by atoms with Gasteiger partial charge in [-0.3, -0.25) is 14.7 Å². The second kappa shape index (κ2) is 7.73. The van der Waals surface area contributed by atoms with Crippen molar-refractivity contribution in [1.29, 1.82) is 0 Å². The Kier molecular flexibility index (Phi) is 6.61. The predicted octanol–water partition coefficient (Wildman–Crippen LogP) is 3.96. The van der Waals surface area contributed by atoms with Gasteiger partial charge in [0.25, 0.3) is 0 Å². The van der Waals surface area contributed by atoms with E-state index < -0.39 is 12.5 Å². The van der Waals surface area contributed by atoms with Crippen LogP contribution < -0.4 is 4.74 Å². The number of nitro benzene ring substituents is 1. The summed E-state index contributed by atoms with van der Waals surface area (Å²) >= 11 is 3.14. The molecule has 1 rings (SSSR count). The Morgan fingerprint density at radius 3 is 2.40 bits per heavy atom. The molecule has 20 heavy (non-hydrogen) atoms. The lowest BCUT2D eigenvalue weighted by molar-refractivity contribution is -0.385. The highest BCUT2D eigenvalue weighted by Gasteiger charge is 2.26. The van der Waals surface area contributed by atoms with Crippen molar-refractivity contribution in [1.82, 2.24) is 0 Å². The molecule has 0 atom stereocenters. The van der Waals surface area contributed by atoms with Crippen molar-refractivity contribution < 1.29 is 23.3 Å². The lowest BCUT2D eigenvalue weighted by Crippen LogP contribution is -2.06. The van der Waals surface area contributed by atoms with Crippen molar-refractivity contribution in [3.05, 3.63) is 32.8 Å². The van der Waals surface area contributed by atoms with Gasteiger partial charge in [-0.2, -0.15) is 0 Å². The summed E-state index contributed by atoms with van der Waals surface area (Å²) in [6.07, 6.45) is -0.378. The number of halogens is 1. The maximum Gasteiger partial charge on any atom is 0.367 e. The lowest BCUT2D eigenvalue weighted by Gasteiger charge is -2.17. The molecule has 1 aromatic rings. The highest BCUT2D eigenvalue weighted by molar-refractivity contribution is 9.10. The van der Waals surface area contributed by atoms with Gasteiger partial charge in [0.05, 0.1) is 18.1 Å². The Hall–Kier alpha value is -0.950. The van der Waals surface area contributed by atoms with E-state index in [4.69, 9.17) is 13.8 Å². The molecule has 0 heterocycles. The van der Waals surface area contributed by atoms with Gasteiger partial charge in [-0.15, -0.1) is 0 Å². The van der Waals surface area contributed by atoms with Crippen LogP contribution in [0.25, 0.3) is 0 Å². The van der Waals surface area contributed by atoms with Gasteiger partial charge >= 0.3 is 13.3 Å². The molecule has 0 spiro atoms. The zero-order valence-electron chi connectivity index (χ0n) is 11.1. The van der Waals surface area contributed by atoms with Crippen LogP contribution >= 0.6 is 23.5 Å². The zero-order valence-corrected chi connectivity index (χ0v) is 13.6. The second-order valence-electron chi connectivity index (χ2n) is 3.59. The van der Waals surface area contributed by atoms with Crippen molar-refractivity contribution in [3.8, 4) is 5.75 Å². The Balaban J connectivity index is 2.88. The summed E-state index contributed by atoms with van der Waals surface area (Å²) in [5, 5.41) is 10.9. The Bertz CT molecular complexity index is 514. The molecular weight excluding hydrogens is 353 g/mol. The number of nitro groups is 1. The van der Waals surface area contributed by atoms with E-state index in [0.29, 0.717) is 4.47 Å². The van der Waals surface area contributed by atoms with E-state index in [9.17, 15) is 14.7 Å². The number of hydrogen-bond acceptors (Lipinski definition) is 6. The summed E-state index contributed by atoms with van der Waals surface area (Å²) in [5.41, 5.74) is -0.223. The average Bonchev–Trinajstić information content (AvgIpc) is 2.37. The molecule has 0 saturated heterocycles. The SMILES string of the molecule is CCOP(=O)(COc1ccc(Br)cc1[N+](=O)[O-])OCC. The topological polar surface area (TPSA) is 87.9 Å². The molecule has 0 aliphatic rings. The summed E-state index contributed by atoms with van der Waals surface area (Å²) < 4.78 is 28.1. The molecule has 0 amide bonds. The molecule has 1 aromatic carbocycles. The molecule has 0 radical (unpaired) electrons. The third-order valence-corrected chi connectivity index (χ3v) is 4.39. The first kappa shape index (κ1) is 17.1. The fraction of sp³-hybridized carbons (Fsp3) is 0.455. The van der Waals surface area contributed by atoms with Crippen molar-refractivity contribution in [2.45, 2.75) is 13.8 Å². The Labute approximate surface area is 125 Å². The minimum Gasteiger partial charge on any atom is -0.474 e. The van der Waals surface area contributed by atoms with E-state index in [2.05, 4.69) is 15.9 Å². The van der Waals surface area contributed by atoms with Crippen LogP contribution in [0.1, 0.15) is 13.8 Å². The van der Waals surface area contributed by atoms with Crippen LogP contribution in [0.3, 0.4) is 0 Å². The largest absolute Gasteiger partial charge is 0.474 e. The molecule has 0 fully saturated rings. The van der Waals surface area contributed by atoms with Crippen LogP contribution in [0.2, 0.25) is 0 Å². The maximum atomic E-state index is 12.2. The van der Waals surface area contributed by atoms with E-state index in [1.165, 1.54) is 12.1 Å². The summed E-state index contributed by atoms with van der Waals surface area (Å²) in [4.78, 5) is 10.3. The van der Waals surface area contributed by atoms with Gasteiger partial charge in [0, 0.05) is 10.5 Å². The highest BCUT2D eigenvalue weighted by atomic mass is 79.9. The zero-order chi connectivity index (χ0) is 15.2. The Morgan fingerprint density at radius 2 is 1.90 bits per heavy atom. The minimum absolute atomic E-state index is 0.0119. The minimum atomic E-state index is -3.40. The number of benzene rings is 1. The van der Waals surface area contributed by atoms with Crippen LogP contribution in [0.5, 0.6) is 5.75 Å². The van der Waals surface area contributed by atoms with Crippen LogP contribution in [0.4, 0.5) is 5.69 Å². The highest BCUT2D eigenvalue weighted by Crippen LogP contribution is 2.48. The first-order valence-electron chi connectivity index (χ1n) is 5.86. The summed E-state index contributed by atoms with van der Waals surface area (Å²) in [6.45, 7) is 3.74. The second-order valence-corrected chi connectivity index (χ2v) is 6.50. The molecule has 0 aliphatic carbocycles. The van der Waals surface area contributed by atoms with E-state index >= 15 is 0 Å². The molecule has 0 bridgehead atoms. The Morgan fingerprint density at radius 1 is 1.30 bits per heavy atom. The van der Waals surface area contributed by atoms with Gasteiger partial charge in [0.1, 0.15) is 0 Å². The molecule has 0 N–H and O–H groups in total. The van der Waals surface area contributed by atoms with Crippen LogP contribution in [-0.4, -0.2) is 24.5 Å². The van der Waals surface area contributed by atoms with E-state index in [-0.39, 0.29) is 31.0 Å². The summed E-state index contributed by atoms with van der Waals surface area (Å²) in [7, 11) is -3.40. The molecule has 0 aromatic heterocycles. The summed E-state index contributed by atoms with van der Waals surface area (Å²) in [5.74, 6) is 0.0119. The van der Waals surface area contributed by atoms with Crippen molar-refractivity contribution in [2.24, 2.45) is 0 Å². The van der Waals surface area contributed by atoms with Crippen LogP contribution in [0.15, 0.2) is 22.7 Å². The molecule has 112 valence electrons. The molecule has 9 heteroatoms. The standard InChI is InChI=1S/C11H15BrNO6P/c1-3-18-20(16,19-4-2)8-17-11-6-5-9(12)7-10(11)13(14)15/h5-7H,3-4,8H2,1-2H3. The van der Waals surface area contributed by atoms with Gasteiger partial charge in [0.15, 0.2) is 12.1 Å². The van der Waals surface area contributed by atoms with Gasteiger partial charge in [-0.05, 0) is 26.0 Å². The molecule has 7 nitrogen and oxygen atoms in total. The number of ether oxygens (including phenoxy) is 1. The third kappa shape index (κ3) is 4.86. The smallest absolute Gasteiger partial charge is 0.367 e. The fourth-order valence-electron chi connectivity index (χ4n) is 1.41. The maximum absolute atomic E-state index is 12.2. The van der Waals surface area contributed by atoms with Gasteiger partial charge in [0.2, 0.25) is 0 Å². The predicted molar refractivity (Wildman–Crippen MR) is 77.1 cm³/mol. The lowest BCUT2D eigenvalue weighted by atomic mass is 10.3. The molecular formula is C11H15BrNO6P. The fourth-order valence-corrected chi connectivity index (χ4v) is 3.07. The molecule has 0 unspecified atom stereocenters. The van der Waals surface area contributed by atoms with E-state index in [0.717, 1.165) is 0 Å². The average molecular weight is 368 g/mol. The molecule has 0 aliphatic heterocycles. The van der Waals surface area contributed by atoms with E-state index in [1.807, 2.05) is 0 Å². The number of hydrogen-bond donors (Lipinski definition) is 0. The summed E-state index contributed by atoms with van der Waals surface area (Å²) in [6, 6.07) is 4.32. The van der Waals surface area contributed by atoms with Crippen molar-refractivity contribution in [2.75, 3.05) is 19.6 Å². The number of rotatable bonds is 8. The van der Waals surface area contributed by atoms with E-state index in [1.54, 1.807) is 19.9 Å². The normalized spacial score (nSPS) is 11.3. The first-order chi connectivity index (χ1) is 9.41. The molecule has 0 saturated carbocycles.